The van der Waals surface area contributed by atoms with Crippen LogP contribution in [0.2, 0.25) is 0 Å². The lowest BCUT2D eigenvalue weighted by Gasteiger charge is -2.07. The fraction of sp³-hybridized carbons (Fsp3) is 0.333. The molecule has 8 heteroatoms. The van der Waals surface area contributed by atoms with Gasteiger partial charge in [-0.2, -0.15) is 0 Å². The molecule has 2 rings (SSSR count). The first-order chi connectivity index (χ1) is 11.1. The zero-order valence-electron chi connectivity index (χ0n) is 12.7. The Kier molecular flexibility index (Phi) is 5.67. The lowest BCUT2D eigenvalue weighted by Crippen LogP contribution is -2.28. The number of benzene rings is 1. The van der Waals surface area contributed by atoms with Crippen molar-refractivity contribution < 1.29 is 19.4 Å². The van der Waals surface area contributed by atoms with Crippen molar-refractivity contribution in [3.05, 3.63) is 41.7 Å². The largest absolute Gasteiger partial charge is 0.484 e. The number of hydrogen-bond acceptors (Lipinski definition) is 5. The second-order valence-electron chi connectivity index (χ2n) is 4.86. The number of nitrogens with one attached hydrogen (secondary N) is 1. The van der Waals surface area contributed by atoms with E-state index in [1.165, 1.54) is 16.4 Å². The van der Waals surface area contributed by atoms with E-state index < -0.39 is 5.97 Å². The summed E-state index contributed by atoms with van der Waals surface area (Å²) in [5.41, 5.74) is 1.68. The van der Waals surface area contributed by atoms with Crippen molar-refractivity contribution in [3.8, 4) is 5.75 Å². The summed E-state index contributed by atoms with van der Waals surface area (Å²) in [7, 11) is 0. The Morgan fingerprint density at radius 2 is 2.04 bits per heavy atom. The molecule has 1 aromatic carbocycles. The third-order valence-electron chi connectivity index (χ3n) is 3.05. The molecular weight excluding hydrogens is 300 g/mol. The number of nitrogens with zero attached hydrogens (tertiary/aromatic N) is 3. The van der Waals surface area contributed by atoms with Crippen molar-refractivity contribution in [2.45, 2.75) is 26.4 Å². The monoisotopic (exact) mass is 318 g/mol. The second kappa shape index (κ2) is 7.92. The molecule has 23 heavy (non-hydrogen) atoms. The number of aromatic nitrogens is 3. The molecule has 0 atom stereocenters. The van der Waals surface area contributed by atoms with Gasteiger partial charge in [0.2, 0.25) is 0 Å². The number of rotatable bonds is 8. The van der Waals surface area contributed by atoms with Crippen LogP contribution in [-0.4, -0.2) is 38.6 Å². The predicted molar refractivity (Wildman–Crippen MR) is 80.8 cm³/mol. The van der Waals surface area contributed by atoms with Crippen LogP contribution in [0.25, 0.3) is 0 Å². The van der Waals surface area contributed by atoms with Gasteiger partial charge >= 0.3 is 5.97 Å². The lowest BCUT2D eigenvalue weighted by molar-refractivity contribution is -0.138. The van der Waals surface area contributed by atoms with Crippen molar-refractivity contribution in [1.82, 2.24) is 20.3 Å². The molecule has 1 amide bonds. The van der Waals surface area contributed by atoms with E-state index in [0.29, 0.717) is 11.4 Å². The van der Waals surface area contributed by atoms with Gasteiger partial charge in [-0.05, 0) is 24.1 Å². The van der Waals surface area contributed by atoms with E-state index >= 15 is 0 Å². The summed E-state index contributed by atoms with van der Waals surface area (Å²) < 4.78 is 6.57. The van der Waals surface area contributed by atoms with Crippen molar-refractivity contribution >= 4 is 11.9 Å². The maximum absolute atomic E-state index is 11.7. The molecule has 0 fully saturated rings. The fourth-order valence-electron chi connectivity index (χ4n) is 1.85. The number of ether oxygens (including phenoxy) is 1. The Morgan fingerprint density at radius 1 is 1.30 bits per heavy atom. The highest BCUT2D eigenvalue weighted by molar-refractivity contribution is 5.77. The van der Waals surface area contributed by atoms with Crippen LogP contribution in [0.5, 0.6) is 5.75 Å². The molecule has 8 nitrogen and oxygen atoms in total. The highest BCUT2D eigenvalue weighted by Crippen LogP contribution is 2.12. The Hall–Kier alpha value is -2.90. The minimum atomic E-state index is -1.01. The van der Waals surface area contributed by atoms with Crippen molar-refractivity contribution in [1.29, 1.82) is 0 Å². The number of aryl methyl sites for hydroxylation is 1. The van der Waals surface area contributed by atoms with Crippen LogP contribution in [0.3, 0.4) is 0 Å². The maximum Gasteiger partial charge on any atom is 0.325 e. The third kappa shape index (κ3) is 5.42. The number of hydrogen-bond donors (Lipinski definition) is 2. The van der Waals surface area contributed by atoms with Gasteiger partial charge in [0, 0.05) is 0 Å². The maximum atomic E-state index is 11.7. The molecule has 0 bridgehead atoms. The molecule has 0 saturated heterocycles. The van der Waals surface area contributed by atoms with Crippen LogP contribution >= 0.6 is 0 Å². The first kappa shape index (κ1) is 16.5. The number of amides is 1. The summed E-state index contributed by atoms with van der Waals surface area (Å²) in [6, 6.07) is 7.55. The topological polar surface area (TPSA) is 106 Å². The number of carbonyl (C=O) groups is 2. The molecule has 0 aliphatic rings. The average Bonchev–Trinajstić information content (AvgIpc) is 2.98. The van der Waals surface area contributed by atoms with Crippen LogP contribution in [0.15, 0.2) is 30.5 Å². The normalized spacial score (nSPS) is 10.3. The van der Waals surface area contributed by atoms with Crippen molar-refractivity contribution in [3.63, 3.8) is 0 Å². The Morgan fingerprint density at radius 3 is 2.70 bits per heavy atom. The van der Waals surface area contributed by atoms with E-state index in [1.54, 1.807) is 0 Å². The molecule has 0 saturated carbocycles. The van der Waals surface area contributed by atoms with Gasteiger partial charge in [-0.1, -0.05) is 24.3 Å². The Balaban J connectivity index is 1.74. The fourth-order valence-corrected chi connectivity index (χ4v) is 1.85. The smallest absolute Gasteiger partial charge is 0.325 e. The van der Waals surface area contributed by atoms with Crippen LogP contribution in [0.4, 0.5) is 0 Å². The van der Waals surface area contributed by atoms with Crippen molar-refractivity contribution in [2.75, 3.05) is 6.61 Å². The van der Waals surface area contributed by atoms with Gasteiger partial charge < -0.3 is 15.2 Å². The third-order valence-corrected chi connectivity index (χ3v) is 3.05. The highest BCUT2D eigenvalue weighted by Gasteiger charge is 2.07. The minimum Gasteiger partial charge on any atom is -0.484 e. The molecule has 1 aromatic heterocycles. The zero-order chi connectivity index (χ0) is 16.7. The number of carboxylic acids is 1. The predicted octanol–water partition coefficient (Wildman–Crippen LogP) is 0.620. The standard InChI is InChI=1S/C15H18N4O4/c1-2-11-3-5-13(6-4-11)23-10-14(20)16-7-12-8-19(18-17-12)9-15(21)22/h3-6,8H,2,7,9-10H2,1H3,(H,16,20)(H,21,22). The summed E-state index contributed by atoms with van der Waals surface area (Å²) in [4.78, 5) is 22.2. The second-order valence-corrected chi connectivity index (χ2v) is 4.86. The summed E-state index contributed by atoms with van der Waals surface area (Å²) in [6.45, 7) is 1.86. The quantitative estimate of drug-likeness (QED) is 0.739. The molecule has 0 spiro atoms. The van der Waals surface area contributed by atoms with E-state index in [2.05, 4.69) is 22.6 Å². The molecule has 0 aliphatic heterocycles. The average molecular weight is 318 g/mol. The SMILES string of the molecule is CCc1ccc(OCC(=O)NCc2cn(CC(=O)O)nn2)cc1. The van der Waals surface area contributed by atoms with E-state index in [9.17, 15) is 9.59 Å². The zero-order valence-corrected chi connectivity index (χ0v) is 12.7. The lowest BCUT2D eigenvalue weighted by atomic mass is 10.2. The van der Waals surface area contributed by atoms with E-state index in [4.69, 9.17) is 9.84 Å². The van der Waals surface area contributed by atoms with Crippen LogP contribution < -0.4 is 10.1 Å². The number of aliphatic carboxylic acids is 1. The molecule has 0 unspecified atom stereocenters. The van der Waals surface area contributed by atoms with Gasteiger partial charge in [0.05, 0.1) is 12.7 Å². The Labute approximate surface area is 133 Å². The summed E-state index contributed by atoms with van der Waals surface area (Å²) >= 11 is 0. The molecule has 122 valence electrons. The van der Waals surface area contributed by atoms with Crippen LogP contribution in [0.1, 0.15) is 18.2 Å². The van der Waals surface area contributed by atoms with E-state index in [1.807, 2.05) is 24.3 Å². The van der Waals surface area contributed by atoms with Crippen molar-refractivity contribution in [2.24, 2.45) is 0 Å². The van der Waals surface area contributed by atoms with Gasteiger partial charge in [0.15, 0.2) is 6.61 Å². The van der Waals surface area contributed by atoms with E-state index in [0.717, 1.165) is 6.42 Å². The highest BCUT2D eigenvalue weighted by atomic mass is 16.5. The van der Waals surface area contributed by atoms with E-state index in [-0.39, 0.29) is 25.6 Å². The first-order valence-electron chi connectivity index (χ1n) is 7.16. The van der Waals surface area contributed by atoms with Gasteiger partial charge in [0.25, 0.3) is 5.91 Å². The number of carboxylic acid groups (broad SMARTS) is 1. The molecular formula is C15H18N4O4. The molecule has 0 aliphatic carbocycles. The molecule has 1 heterocycles. The molecule has 0 radical (unpaired) electrons. The molecule has 2 aromatic rings. The summed E-state index contributed by atoms with van der Waals surface area (Å²) in [5.74, 6) is -0.671. The number of carbonyl (C=O) groups excluding carboxylic acids is 1. The summed E-state index contributed by atoms with van der Waals surface area (Å²) in [6.07, 6.45) is 2.42. The summed E-state index contributed by atoms with van der Waals surface area (Å²) in [5, 5.41) is 18.7. The van der Waals surface area contributed by atoms with Crippen LogP contribution in [0, 0.1) is 0 Å². The van der Waals surface area contributed by atoms with Crippen LogP contribution in [-0.2, 0) is 29.1 Å². The van der Waals surface area contributed by atoms with Gasteiger partial charge in [-0.25, -0.2) is 4.68 Å². The van der Waals surface area contributed by atoms with Gasteiger partial charge in [0.1, 0.15) is 18.0 Å². The van der Waals surface area contributed by atoms with Gasteiger partial charge in [-0.15, -0.1) is 5.10 Å². The van der Waals surface area contributed by atoms with Gasteiger partial charge in [-0.3, -0.25) is 9.59 Å². The molecule has 2 N–H and O–H groups in total. The Bertz CT molecular complexity index is 666. The first-order valence-corrected chi connectivity index (χ1v) is 7.16. The minimum absolute atomic E-state index is 0.102.